The van der Waals surface area contributed by atoms with Crippen LogP contribution in [0.3, 0.4) is 0 Å². The maximum Gasteiger partial charge on any atom is 0.279 e. The first kappa shape index (κ1) is 17.2. The molecule has 1 atom stereocenters. The van der Waals surface area contributed by atoms with Crippen LogP contribution in [0.25, 0.3) is 0 Å². The second-order valence-electron chi connectivity index (χ2n) is 5.64. The van der Waals surface area contributed by atoms with Crippen LogP contribution in [-0.2, 0) is 21.2 Å². The molecule has 0 saturated carbocycles. The first-order valence-electron chi connectivity index (χ1n) is 7.30. The number of sulfone groups is 1. The molecule has 23 heavy (non-hydrogen) atoms. The highest BCUT2D eigenvalue weighted by Gasteiger charge is 2.12. The van der Waals surface area contributed by atoms with E-state index in [0.717, 1.165) is 23.3 Å². The largest absolute Gasteiger partial charge is 0.326 e. The van der Waals surface area contributed by atoms with Gasteiger partial charge >= 0.3 is 0 Å². The highest BCUT2D eigenvalue weighted by atomic mass is 32.2. The van der Waals surface area contributed by atoms with Crippen LogP contribution in [0.5, 0.6) is 0 Å². The fourth-order valence-corrected chi connectivity index (χ4v) is 2.96. The highest BCUT2D eigenvalue weighted by molar-refractivity contribution is 7.90. The van der Waals surface area contributed by atoms with E-state index in [2.05, 4.69) is 5.32 Å². The summed E-state index contributed by atoms with van der Waals surface area (Å²) in [5.41, 5.74) is 1.65. The molecule has 0 bridgehead atoms. The fourth-order valence-electron chi connectivity index (χ4n) is 2.29. The van der Waals surface area contributed by atoms with Crippen LogP contribution in [0.15, 0.2) is 59.5 Å². The Hall–Kier alpha value is -2.18. The smallest absolute Gasteiger partial charge is 0.279 e. The summed E-state index contributed by atoms with van der Waals surface area (Å²) in [6.45, 7) is 1.05. The van der Waals surface area contributed by atoms with Gasteiger partial charge in [-0.05, 0) is 18.2 Å². The Balaban J connectivity index is 1.94. The minimum atomic E-state index is -3.28. The number of carbonyl (C=O) groups excluding carboxylic acids is 1. The SMILES string of the molecule is C[NH+](CC(=O)Nc1cccc(S(C)(=O)=O)c1)Cc1ccccc1. The number of nitrogens with one attached hydrogen (secondary N) is 2. The third-order valence-electron chi connectivity index (χ3n) is 3.36. The molecule has 0 fully saturated rings. The highest BCUT2D eigenvalue weighted by Crippen LogP contribution is 2.14. The Labute approximate surface area is 136 Å². The predicted molar refractivity (Wildman–Crippen MR) is 90.1 cm³/mol. The average Bonchev–Trinajstić information content (AvgIpc) is 2.47. The van der Waals surface area contributed by atoms with Gasteiger partial charge in [-0.1, -0.05) is 36.4 Å². The van der Waals surface area contributed by atoms with Gasteiger partial charge in [0.2, 0.25) is 0 Å². The van der Waals surface area contributed by atoms with Gasteiger partial charge in [-0.2, -0.15) is 0 Å². The lowest BCUT2D eigenvalue weighted by Gasteiger charge is -2.14. The zero-order valence-electron chi connectivity index (χ0n) is 13.2. The van der Waals surface area contributed by atoms with Crippen LogP contribution < -0.4 is 10.2 Å². The number of hydrogen-bond donors (Lipinski definition) is 2. The predicted octanol–water partition coefficient (Wildman–Crippen LogP) is 0.744. The van der Waals surface area contributed by atoms with E-state index in [9.17, 15) is 13.2 Å². The lowest BCUT2D eigenvalue weighted by atomic mass is 10.2. The summed E-state index contributed by atoms with van der Waals surface area (Å²) < 4.78 is 23.1. The quantitative estimate of drug-likeness (QED) is 0.819. The van der Waals surface area contributed by atoms with E-state index in [-0.39, 0.29) is 10.8 Å². The minimum absolute atomic E-state index is 0.149. The molecule has 2 aromatic rings. The van der Waals surface area contributed by atoms with Gasteiger partial charge in [-0.25, -0.2) is 8.42 Å². The van der Waals surface area contributed by atoms with Crippen molar-refractivity contribution in [2.24, 2.45) is 0 Å². The number of rotatable bonds is 6. The Kier molecular flexibility index (Phi) is 5.52. The molecule has 6 heteroatoms. The van der Waals surface area contributed by atoms with Crippen LogP contribution in [0.2, 0.25) is 0 Å². The summed E-state index contributed by atoms with van der Waals surface area (Å²) in [7, 11) is -1.34. The number of anilines is 1. The van der Waals surface area contributed by atoms with Gasteiger partial charge in [0.1, 0.15) is 6.54 Å². The molecule has 0 aliphatic heterocycles. The van der Waals surface area contributed by atoms with Crippen LogP contribution in [0.4, 0.5) is 5.69 Å². The Morgan fingerprint density at radius 2 is 1.78 bits per heavy atom. The van der Waals surface area contributed by atoms with Crippen molar-refractivity contribution in [1.82, 2.24) is 0 Å². The van der Waals surface area contributed by atoms with Crippen LogP contribution in [0, 0.1) is 0 Å². The van der Waals surface area contributed by atoms with Crippen LogP contribution in [-0.4, -0.2) is 34.2 Å². The topological polar surface area (TPSA) is 67.7 Å². The molecule has 0 saturated heterocycles. The van der Waals surface area contributed by atoms with Crippen molar-refractivity contribution in [3.63, 3.8) is 0 Å². The standard InChI is InChI=1S/C17H20N2O3S/c1-19(12-14-7-4-3-5-8-14)13-17(20)18-15-9-6-10-16(11-15)23(2,21)22/h3-11H,12-13H2,1-2H3,(H,18,20)/p+1. The van der Waals surface area contributed by atoms with Gasteiger partial charge in [0.25, 0.3) is 5.91 Å². The molecule has 0 heterocycles. The molecule has 1 unspecified atom stereocenters. The van der Waals surface area contributed by atoms with E-state index < -0.39 is 9.84 Å². The lowest BCUT2D eigenvalue weighted by molar-refractivity contribution is -0.885. The van der Waals surface area contributed by atoms with Crippen molar-refractivity contribution >= 4 is 21.4 Å². The molecule has 0 aromatic heterocycles. The molecule has 0 aliphatic rings. The summed E-state index contributed by atoms with van der Waals surface area (Å²) in [5.74, 6) is -0.149. The average molecular weight is 333 g/mol. The third kappa shape index (κ3) is 5.50. The number of quaternary nitrogens is 1. The molecule has 2 aromatic carbocycles. The monoisotopic (exact) mass is 333 g/mol. The molecular weight excluding hydrogens is 312 g/mol. The van der Waals surface area contributed by atoms with Gasteiger partial charge in [0.15, 0.2) is 16.4 Å². The number of amides is 1. The Bertz CT molecular complexity index is 773. The van der Waals surface area contributed by atoms with E-state index in [1.54, 1.807) is 12.1 Å². The van der Waals surface area contributed by atoms with E-state index in [0.29, 0.717) is 12.2 Å². The third-order valence-corrected chi connectivity index (χ3v) is 4.47. The maximum atomic E-state index is 12.1. The zero-order valence-corrected chi connectivity index (χ0v) is 14.1. The van der Waals surface area contributed by atoms with E-state index in [4.69, 9.17) is 0 Å². The molecule has 2 rings (SSSR count). The molecule has 5 nitrogen and oxygen atoms in total. The van der Waals surface area contributed by atoms with E-state index >= 15 is 0 Å². The van der Waals surface area contributed by atoms with Crippen molar-refractivity contribution in [1.29, 1.82) is 0 Å². The number of carbonyl (C=O) groups is 1. The van der Waals surface area contributed by atoms with Gasteiger partial charge in [-0.15, -0.1) is 0 Å². The lowest BCUT2D eigenvalue weighted by Crippen LogP contribution is -3.08. The summed E-state index contributed by atoms with van der Waals surface area (Å²) in [5, 5.41) is 2.75. The maximum absolute atomic E-state index is 12.1. The second kappa shape index (κ2) is 7.39. The first-order chi connectivity index (χ1) is 10.8. The Morgan fingerprint density at radius 1 is 1.09 bits per heavy atom. The molecule has 0 aliphatic carbocycles. The van der Waals surface area contributed by atoms with E-state index in [1.807, 2.05) is 37.4 Å². The Morgan fingerprint density at radius 3 is 2.43 bits per heavy atom. The van der Waals surface area contributed by atoms with E-state index in [1.165, 1.54) is 12.1 Å². The van der Waals surface area contributed by atoms with Crippen molar-refractivity contribution in [2.45, 2.75) is 11.4 Å². The van der Waals surface area contributed by atoms with Gasteiger partial charge < -0.3 is 10.2 Å². The van der Waals surface area contributed by atoms with Crippen molar-refractivity contribution in [3.05, 3.63) is 60.2 Å². The number of hydrogen-bond acceptors (Lipinski definition) is 3. The molecule has 122 valence electrons. The number of likely N-dealkylation sites (N-methyl/N-ethyl adjacent to an activating group) is 1. The minimum Gasteiger partial charge on any atom is -0.326 e. The number of benzene rings is 2. The summed E-state index contributed by atoms with van der Waals surface area (Å²) in [6.07, 6.45) is 1.14. The molecule has 0 spiro atoms. The molecule has 0 radical (unpaired) electrons. The summed E-state index contributed by atoms with van der Waals surface area (Å²) >= 11 is 0. The van der Waals surface area contributed by atoms with Crippen molar-refractivity contribution in [3.8, 4) is 0 Å². The molecule has 2 N–H and O–H groups in total. The first-order valence-corrected chi connectivity index (χ1v) is 9.19. The normalized spacial score (nSPS) is 12.6. The molecular formula is C17H21N2O3S+. The second-order valence-corrected chi connectivity index (χ2v) is 7.66. The van der Waals surface area contributed by atoms with Gasteiger partial charge in [0, 0.05) is 17.5 Å². The van der Waals surface area contributed by atoms with Crippen molar-refractivity contribution < 1.29 is 18.1 Å². The zero-order chi connectivity index (χ0) is 16.9. The van der Waals surface area contributed by atoms with Crippen LogP contribution in [0.1, 0.15) is 5.56 Å². The van der Waals surface area contributed by atoms with Crippen LogP contribution >= 0.6 is 0 Å². The van der Waals surface area contributed by atoms with Gasteiger partial charge in [0.05, 0.1) is 11.9 Å². The van der Waals surface area contributed by atoms with Crippen molar-refractivity contribution in [2.75, 3.05) is 25.2 Å². The summed E-state index contributed by atoms with van der Waals surface area (Å²) in [4.78, 5) is 13.3. The van der Waals surface area contributed by atoms with Gasteiger partial charge in [-0.3, -0.25) is 4.79 Å². The molecule has 1 amide bonds. The summed E-state index contributed by atoms with van der Waals surface area (Å²) in [6, 6.07) is 16.2. The fraction of sp³-hybridized carbons (Fsp3) is 0.235.